The summed E-state index contributed by atoms with van der Waals surface area (Å²) in [7, 11) is 4.03. The summed E-state index contributed by atoms with van der Waals surface area (Å²) in [6, 6.07) is 35.1. The number of aromatic amines is 4. The number of anilines is 1. The van der Waals surface area contributed by atoms with E-state index in [1.54, 1.807) is 31.0 Å². The lowest BCUT2D eigenvalue weighted by atomic mass is 10.0. The van der Waals surface area contributed by atoms with Crippen LogP contribution < -0.4 is 4.90 Å². The minimum absolute atomic E-state index is 0.828. The van der Waals surface area contributed by atoms with Crippen molar-refractivity contribution in [2.24, 2.45) is 0 Å². The van der Waals surface area contributed by atoms with Gasteiger partial charge in [0, 0.05) is 103 Å². The van der Waals surface area contributed by atoms with Crippen LogP contribution in [0.4, 0.5) is 5.69 Å². The molecule has 0 aliphatic rings. The Hall–Kier alpha value is -8.84. The Morgan fingerprint density at radius 3 is 1.45 bits per heavy atom. The zero-order valence-electron chi connectivity index (χ0n) is 36.1. The Kier molecular flexibility index (Phi) is 10.8. The Bertz CT molecular complexity index is 3550. The Balaban J connectivity index is 0.000000148. The number of pyridine rings is 6. The predicted octanol–water partition coefficient (Wildman–Crippen LogP) is 11.6. The van der Waals surface area contributed by atoms with Crippen LogP contribution >= 0.6 is 0 Å². The number of aromatic nitrogens is 12. The lowest BCUT2D eigenvalue weighted by molar-refractivity contribution is 1.11. The van der Waals surface area contributed by atoms with Crippen molar-refractivity contribution in [3.05, 3.63) is 165 Å². The van der Waals surface area contributed by atoms with E-state index in [4.69, 9.17) is 0 Å². The summed E-state index contributed by atoms with van der Waals surface area (Å²) >= 11 is 0. The second-order valence-corrected chi connectivity index (χ2v) is 15.3. The molecule has 12 rings (SSSR count). The van der Waals surface area contributed by atoms with Gasteiger partial charge in [0.2, 0.25) is 0 Å². The van der Waals surface area contributed by atoms with Crippen molar-refractivity contribution >= 4 is 49.6 Å². The molecular weight excluding hydrogens is 807 g/mol. The maximum absolute atomic E-state index is 4.63. The molecule has 0 spiro atoms. The highest BCUT2D eigenvalue weighted by molar-refractivity contribution is 6.02. The standard InChI is InChI=1S/C26H21N7.C24H16N6.C2H6/c1-33(2)19-11-18(14-28-15-19)17-3-4-23-22(12-17)25(32-31-23)24-13-21-20(7-10-29-26(21)30-24)16-5-8-27-9-6-16;1-2-17(14-26-8-1)16-3-4-21-20(12-16)23(30-29-21)22-13-19-18(7-11-27-24(19)28-22)15-5-9-25-10-6-15;1-2/h3-15H,1-2H3,(H,29,30)(H,31,32);1-14H,(H,27,28)(H,29,30);1-2H3. The van der Waals surface area contributed by atoms with Crippen LogP contribution in [0.2, 0.25) is 0 Å². The van der Waals surface area contributed by atoms with Gasteiger partial charge in [-0.3, -0.25) is 30.1 Å². The van der Waals surface area contributed by atoms with E-state index in [0.29, 0.717) is 0 Å². The third-order valence-corrected chi connectivity index (χ3v) is 11.3. The van der Waals surface area contributed by atoms with Crippen molar-refractivity contribution in [2.75, 3.05) is 19.0 Å². The average molecular weight is 850 g/mol. The minimum Gasteiger partial charge on any atom is -0.376 e. The van der Waals surface area contributed by atoms with Gasteiger partial charge in [-0.1, -0.05) is 32.0 Å². The molecule has 316 valence electrons. The molecule has 13 heteroatoms. The predicted molar refractivity (Wildman–Crippen MR) is 261 cm³/mol. The van der Waals surface area contributed by atoms with Crippen molar-refractivity contribution in [2.45, 2.75) is 13.8 Å². The van der Waals surface area contributed by atoms with Crippen molar-refractivity contribution < 1.29 is 0 Å². The summed E-state index contributed by atoms with van der Waals surface area (Å²) in [5, 5.41) is 19.7. The second kappa shape index (κ2) is 17.5. The zero-order chi connectivity index (χ0) is 44.3. The number of rotatable bonds is 7. The molecule has 0 amide bonds. The highest BCUT2D eigenvalue weighted by Gasteiger charge is 2.17. The summed E-state index contributed by atoms with van der Waals surface area (Å²) < 4.78 is 0. The lowest BCUT2D eigenvalue weighted by Crippen LogP contribution is -2.08. The second-order valence-electron chi connectivity index (χ2n) is 15.3. The van der Waals surface area contributed by atoms with Crippen molar-refractivity contribution in [3.63, 3.8) is 0 Å². The van der Waals surface area contributed by atoms with Gasteiger partial charge in [0.25, 0.3) is 0 Å². The molecule has 10 heterocycles. The Labute approximate surface area is 373 Å². The first-order chi connectivity index (χ1) is 32.0. The molecule has 0 bridgehead atoms. The number of nitrogens with zero attached hydrogens (tertiary/aromatic N) is 9. The summed E-state index contributed by atoms with van der Waals surface area (Å²) in [6.45, 7) is 4.00. The van der Waals surface area contributed by atoms with E-state index in [0.717, 1.165) is 117 Å². The van der Waals surface area contributed by atoms with Crippen LogP contribution in [0.25, 0.3) is 111 Å². The number of fused-ring (bicyclic) bond motifs is 4. The molecule has 65 heavy (non-hydrogen) atoms. The number of H-pyrrole nitrogens is 4. The monoisotopic (exact) mass is 849 g/mol. The number of benzene rings is 2. The molecule has 10 aromatic heterocycles. The Morgan fingerprint density at radius 2 is 0.938 bits per heavy atom. The van der Waals surface area contributed by atoms with E-state index >= 15 is 0 Å². The average Bonchev–Trinajstić information content (AvgIpc) is 4.20. The summed E-state index contributed by atoms with van der Waals surface area (Å²) in [5.74, 6) is 0. The van der Waals surface area contributed by atoms with E-state index in [2.05, 4.69) is 126 Å². The minimum atomic E-state index is 0.828. The van der Waals surface area contributed by atoms with Crippen molar-refractivity contribution in [3.8, 4) is 67.3 Å². The fourth-order valence-corrected chi connectivity index (χ4v) is 8.04. The largest absolute Gasteiger partial charge is 0.376 e. The molecule has 0 radical (unpaired) electrons. The van der Waals surface area contributed by atoms with E-state index in [-0.39, 0.29) is 0 Å². The van der Waals surface area contributed by atoms with E-state index < -0.39 is 0 Å². The third-order valence-electron chi connectivity index (χ3n) is 11.3. The third kappa shape index (κ3) is 7.82. The van der Waals surface area contributed by atoms with Crippen LogP contribution in [0.5, 0.6) is 0 Å². The van der Waals surface area contributed by atoms with Gasteiger partial charge in [-0.2, -0.15) is 10.2 Å². The fraction of sp³-hybridized carbons (Fsp3) is 0.0769. The Morgan fingerprint density at radius 1 is 0.415 bits per heavy atom. The first-order valence-corrected chi connectivity index (χ1v) is 21.3. The van der Waals surface area contributed by atoms with Gasteiger partial charge < -0.3 is 14.9 Å². The smallest absolute Gasteiger partial charge is 0.138 e. The van der Waals surface area contributed by atoms with Crippen molar-refractivity contribution in [1.82, 2.24) is 60.3 Å². The van der Waals surface area contributed by atoms with Gasteiger partial charge in [0.15, 0.2) is 0 Å². The van der Waals surface area contributed by atoms with Crippen LogP contribution in [-0.2, 0) is 0 Å². The summed E-state index contributed by atoms with van der Waals surface area (Å²) in [6.07, 6.45) is 18.3. The first-order valence-electron chi connectivity index (χ1n) is 21.3. The molecule has 0 saturated heterocycles. The fourth-order valence-electron chi connectivity index (χ4n) is 8.04. The van der Waals surface area contributed by atoms with E-state index in [1.807, 2.05) is 101 Å². The number of nitrogens with one attached hydrogen (secondary N) is 4. The molecule has 0 saturated carbocycles. The van der Waals surface area contributed by atoms with Gasteiger partial charge >= 0.3 is 0 Å². The molecule has 2 aromatic carbocycles. The summed E-state index contributed by atoms with van der Waals surface area (Å²) in [4.78, 5) is 34.9. The van der Waals surface area contributed by atoms with Crippen LogP contribution in [0, 0.1) is 0 Å². The first kappa shape index (κ1) is 40.2. The summed E-state index contributed by atoms with van der Waals surface area (Å²) in [5.41, 5.74) is 17.0. The molecule has 0 fully saturated rings. The highest BCUT2D eigenvalue weighted by Crippen LogP contribution is 2.36. The van der Waals surface area contributed by atoms with Gasteiger partial charge in [0.05, 0.1) is 34.3 Å². The molecule has 12 aromatic rings. The maximum Gasteiger partial charge on any atom is 0.138 e. The van der Waals surface area contributed by atoms with Gasteiger partial charge in [-0.25, -0.2) is 9.97 Å². The molecular formula is C52H43N13. The van der Waals surface area contributed by atoms with Gasteiger partial charge in [-0.05, 0) is 118 Å². The van der Waals surface area contributed by atoms with E-state index in [1.165, 1.54) is 0 Å². The van der Waals surface area contributed by atoms with Crippen molar-refractivity contribution in [1.29, 1.82) is 0 Å². The molecule has 0 atom stereocenters. The van der Waals surface area contributed by atoms with Gasteiger partial charge in [0.1, 0.15) is 22.7 Å². The normalized spacial score (nSPS) is 11.1. The quantitative estimate of drug-likeness (QED) is 0.122. The zero-order valence-corrected chi connectivity index (χ0v) is 36.1. The van der Waals surface area contributed by atoms with Gasteiger partial charge in [-0.15, -0.1) is 0 Å². The molecule has 13 nitrogen and oxygen atoms in total. The topological polar surface area (TPSA) is 170 Å². The van der Waals surface area contributed by atoms with E-state index in [9.17, 15) is 0 Å². The lowest BCUT2D eigenvalue weighted by Gasteiger charge is -2.13. The van der Waals surface area contributed by atoms with Crippen LogP contribution in [0.15, 0.2) is 165 Å². The molecule has 0 aliphatic heterocycles. The van der Waals surface area contributed by atoms with Crippen LogP contribution in [-0.4, -0.2) is 74.4 Å². The number of hydrogen-bond donors (Lipinski definition) is 4. The number of hydrogen-bond acceptors (Lipinski definition) is 9. The SMILES string of the molecule is CC.CN(C)c1cncc(-c2ccc3[nH]nc(-c4cc5c(-c6ccncc6)ccnc5[nH]4)c3c2)c1.c1cncc(-c2ccc3[nH]nc(-c4cc5c(-c6ccncc6)ccnc5[nH]4)c3c2)c1. The maximum atomic E-state index is 4.63. The van der Waals surface area contributed by atoms with Crippen LogP contribution in [0.1, 0.15) is 13.8 Å². The molecule has 0 aliphatic carbocycles. The molecule has 0 unspecified atom stereocenters. The van der Waals surface area contributed by atoms with Crippen LogP contribution in [0.3, 0.4) is 0 Å². The molecule has 4 N–H and O–H groups in total. The highest BCUT2D eigenvalue weighted by atomic mass is 15.1.